The number of amides is 1. The van der Waals surface area contributed by atoms with E-state index in [0.29, 0.717) is 12.5 Å². The molecule has 1 heterocycles. The molecule has 3 nitrogen and oxygen atoms in total. The van der Waals surface area contributed by atoms with E-state index >= 15 is 0 Å². The Morgan fingerprint density at radius 3 is 2.82 bits per heavy atom. The van der Waals surface area contributed by atoms with E-state index < -0.39 is 0 Å². The maximum absolute atomic E-state index is 12.1. The third kappa shape index (κ3) is 2.87. The van der Waals surface area contributed by atoms with Crippen LogP contribution in [0, 0.1) is 12.8 Å². The van der Waals surface area contributed by atoms with Crippen LogP contribution < -0.4 is 11.1 Å². The molecule has 1 aliphatic rings. The van der Waals surface area contributed by atoms with Crippen molar-refractivity contribution in [3.63, 3.8) is 0 Å². The van der Waals surface area contributed by atoms with Crippen LogP contribution in [0.4, 0.5) is 0 Å². The Bertz CT molecular complexity index is 383. The summed E-state index contributed by atoms with van der Waals surface area (Å²) in [5.74, 6) is 0.615. The van der Waals surface area contributed by atoms with Crippen molar-refractivity contribution in [2.24, 2.45) is 11.7 Å². The normalized spacial score (nSPS) is 18.2. The SMILES string of the molecule is Cc1ccsc1C(=O)NC(CN)C1CCCC1. The lowest BCUT2D eigenvalue weighted by Gasteiger charge is -2.22. The second-order valence-corrected chi connectivity index (χ2v) is 5.71. The molecular formula is C13H20N2OS. The molecule has 1 aromatic rings. The van der Waals surface area contributed by atoms with Gasteiger partial charge in [-0.3, -0.25) is 4.79 Å². The van der Waals surface area contributed by atoms with E-state index in [4.69, 9.17) is 5.73 Å². The summed E-state index contributed by atoms with van der Waals surface area (Å²) in [5, 5.41) is 5.05. The minimum Gasteiger partial charge on any atom is -0.347 e. The third-order valence-electron chi connectivity index (χ3n) is 3.61. The van der Waals surface area contributed by atoms with Gasteiger partial charge in [0.15, 0.2) is 0 Å². The van der Waals surface area contributed by atoms with Gasteiger partial charge >= 0.3 is 0 Å². The van der Waals surface area contributed by atoms with Crippen LogP contribution in [0.2, 0.25) is 0 Å². The van der Waals surface area contributed by atoms with E-state index in [-0.39, 0.29) is 11.9 Å². The van der Waals surface area contributed by atoms with Gasteiger partial charge in [-0.05, 0) is 42.7 Å². The molecule has 0 spiro atoms. The zero-order valence-corrected chi connectivity index (χ0v) is 11.1. The van der Waals surface area contributed by atoms with Crippen LogP contribution in [0.25, 0.3) is 0 Å². The summed E-state index contributed by atoms with van der Waals surface area (Å²) >= 11 is 1.50. The average Bonchev–Trinajstić information content (AvgIpc) is 2.96. The van der Waals surface area contributed by atoms with E-state index in [1.54, 1.807) is 0 Å². The molecule has 3 N–H and O–H groups in total. The smallest absolute Gasteiger partial charge is 0.261 e. The van der Waals surface area contributed by atoms with E-state index in [1.165, 1.54) is 37.0 Å². The van der Waals surface area contributed by atoms with E-state index in [1.807, 2.05) is 18.4 Å². The van der Waals surface area contributed by atoms with Gasteiger partial charge in [-0.25, -0.2) is 0 Å². The number of aryl methyl sites for hydroxylation is 1. The first-order valence-corrected chi connectivity index (χ1v) is 7.15. The zero-order valence-electron chi connectivity index (χ0n) is 10.2. The molecule has 0 aromatic carbocycles. The summed E-state index contributed by atoms with van der Waals surface area (Å²) in [6, 6.07) is 2.12. The van der Waals surface area contributed by atoms with E-state index in [0.717, 1.165) is 10.4 Å². The highest BCUT2D eigenvalue weighted by Gasteiger charge is 2.26. The Balaban J connectivity index is 1.99. The number of nitrogens with two attached hydrogens (primary N) is 1. The summed E-state index contributed by atoms with van der Waals surface area (Å²) in [4.78, 5) is 12.9. The molecule has 94 valence electrons. The molecule has 1 fully saturated rings. The van der Waals surface area contributed by atoms with Crippen LogP contribution in [-0.4, -0.2) is 18.5 Å². The lowest BCUT2D eigenvalue weighted by atomic mass is 9.98. The number of nitrogens with one attached hydrogen (secondary N) is 1. The molecule has 1 atom stereocenters. The number of carbonyl (C=O) groups excluding carboxylic acids is 1. The highest BCUT2D eigenvalue weighted by Crippen LogP contribution is 2.27. The molecule has 0 saturated heterocycles. The minimum atomic E-state index is 0.0415. The first-order valence-electron chi connectivity index (χ1n) is 6.27. The molecule has 4 heteroatoms. The molecular weight excluding hydrogens is 232 g/mol. The average molecular weight is 252 g/mol. The second kappa shape index (κ2) is 5.65. The maximum atomic E-state index is 12.1. The fraction of sp³-hybridized carbons (Fsp3) is 0.615. The monoisotopic (exact) mass is 252 g/mol. The number of hydrogen-bond donors (Lipinski definition) is 2. The van der Waals surface area contributed by atoms with Crippen molar-refractivity contribution in [2.75, 3.05) is 6.54 Å². The summed E-state index contributed by atoms with van der Waals surface area (Å²) in [7, 11) is 0. The molecule has 0 radical (unpaired) electrons. The fourth-order valence-corrected chi connectivity index (χ4v) is 3.40. The molecule has 1 aliphatic carbocycles. The van der Waals surface area contributed by atoms with Gasteiger partial charge in [0, 0.05) is 12.6 Å². The lowest BCUT2D eigenvalue weighted by molar-refractivity contribution is 0.0928. The van der Waals surface area contributed by atoms with Crippen LogP contribution in [0.15, 0.2) is 11.4 Å². The summed E-state index contributed by atoms with van der Waals surface area (Å²) in [5.41, 5.74) is 6.83. The van der Waals surface area contributed by atoms with Gasteiger partial charge in [-0.2, -0.15) is 0 Å². The van der Waals surface area contributed by atoms with Gasteiger partial charge in [0.05, 0.1) is 4.88 Å². The quantitative estimate of drug-likeness (QED) is 0.864. The first kappa shape index (κ1) is 12.6. The number of rotatable bonds is 4. The Morgan fingerprint density at radius 1 is 1.59 bits per heavy atom. The Morgan fingerprint density at radius 2 is 2.29 bits per heavy atom. The van der Waals surface area contributed by atoms with E-state index in [9.17, 15) is 4.79 Å². The lowest BCUT2D eigenvalue weighted by Crippen LogP contribution is -2.44. The van der Waals surface area contributed by atoms with Crippen molar-refractivity contribution in [3.8, 4) is 0 Å². The molecule has 2 rings (SSSR count). The predicted octanol–water partition coefficient (Wildman–Crippen LogP) is 2.30. The summed E-state index contributed by atoms with van der Waals surface area (Å²) in [6.45, 7) is 2.51. The fourth-order valence-electron chi connectivity index (χ4n) is 2.57. The predicted molar refractivity (Wildman–Crippen MR) is 71.3 cm³/mol. The van der Waals surface area contributed by atoms with Gasteiger partial charge in [0.2, 0.25) is 0 Å². The van der Waals surface area contributed by atoms with Crippen molar-refractivity contribution in [1.82, 2.24) is 5.32 Å². The van der Waals surface area contributed by atoms with Crippen molar-refractivity contribution >= 4 is 17.2 Å². The van der Waals surface area contributed by atoms with Crippen LogP contribution in [0.5, 0.6) is 0 Å². The van der Waals surface area contributed by atoms with Gasteiger partial charge in [0.25, 0.3) is 5.91 Å². The Labute approximate surface area is 106 Å². The first-order chi connectivity index (χ1) is 8.22. The van der Waals surface area contributed by atoms with Crippen LogP contribution in [-0.2, 0) is 0 Å². The van der Waals surface area contributed by atoms with Crippen LogP contribution >= 0.6 is 11.3 Å². The minimum absolute atomic E-state index is 0.0415. The highest BCUT2D eigenvalue weighted by atomic mass is 32.1. The highest BCUT2D eigenvalue weighted by molar-refractivity contribution is 7.12. The molecule has 1 aromatic heterocycles. The Kier molecular flexibility index (Phi) is 4.18. The van der Waals surface area contributed by atoms with Gasteiger partial charge in [0.1, 0.15) is 0 Å². The Hall–Kier alpha value is -0.870. The van der Waals surface area contributed by atoms with Gasteiger partial charge in [-0.1, -0.05) is 12.8 Å². The maximum Gasteiger partial charge on any atom is 0.261 e. The number of carbonyl (C=O) groups is 1. The topological polar surface area (TPSA) is 55.1 Å². The summed E-state index contributed by atoms with van der Waals surface area (Å²) in [6.07, 6.45) is 4.95. The van der Waals surface area contributed by atoms with Crippen molar-refractivity contribution in [2.45, 2.75) is 38.6 Å². The number of thiophene rings is 1. The molecule has 0 bridgehead atoms. The molecule has 0 aliphatic heterocycles. The van der Waals surface area contributed by atoms with Crippen molar-refractivity contribution in [1.29, 1.82) is 0 Å². The van der Waals surface area contributed by atoms with E-state index in [2.05, 4.69) is 5.32 Å². The molecule has 1 amide bonds. The third-order valence-corrected chi connectivity index (χ3v) is 4.62. The van der Waals surface area contributed by atoms with Crippen LogP contribution in [0.3, 0.4) is 0 Å². The molecule has 1 unspecified atom stereocenters. The summed E-state index contributed by atoms with van der Waals surface area (Å²) < 4.78 is 0. The standard InChI is InChI=1S/C13H20N2OS/c1-9-6-7-17-12(9)13(16)15-11(8-14)10-4-2-3-5-10/h6-7,10-11H,2-5,8,14H2,1H3,(H,15,16). The second-order valence-electron chi connectivity index (χ2n) is 4.79. The van der Waals surface area contributed by atoms with Crippen LogP contribution in [0.1, 0.15) is 40.9 Å². The van der Waals surface area contributed by atoms with Crippen molar-refractivity contribution < 1.29 is 4.79 Å². The largest absolute Gasteiger partial charge is 0.347 e. The zero-order chi connectivity index (χ0) is 12.3. The van der Waals surface area contributed by atoms with Gasteiger partial charge in [-0.15, -0.1) is 11.3 Å². The molecule has 17 heavy (non-hydrogen) atoms. The van der Waals surface area contributed by atoms with Crippen molar-refractivity contribution in [3.05, 3.63) is 21.9 Å². The molecule has 1 saturated carbocycles. The van der Waals surface area contributed by atoms with Gasteiger partial charge < -0.3 is 11.1 Å². The number of hydrogen-bond acceptors (Lipinski definition) is 3.